The van der Waals surface area contributed by atoms with Crippen LogP contribution in [-0.4, -0.2) is 11.8 Å². The molecule has 0 aliphatic rings. The summed E-state index contributed by atoms with van der Waals surface area (Å²) in [7, 11) is 0. The summed E-state index contributed by atoms with van der Waals surface area (Å²) in [5.74, 6) is -0.179. The summed E-state index contributed by atoms with van der Waals surface area (Å²) in [5, 5.41) is 0. The van der Waals surface area contributed by atoms with Crippen LogP contribution in [-0.2, 0) is 4.74 Å². The van der Waals surface area contributed by atoms with Crippen molar-refractivity contribution in [3.8, 4) is 0 Å². The molecule has 1 aromatic rings. The molecule has 14 heavy (non-hydrogen) atoms. The van der Waals surface area contributed by atoms with Crippen molar-refractivity contribution in [2.24, 2.45) is 0 Å². The Balaban J connectivity index is 2.70. The predicted octanol–water partition coefficient (Wildman–Crippen LogP) is 2.18. The predicted molar refractivity (Wildman–Crippen MR) is 56.1 cm³/mol. The molecule has 0 aromatic heterocycles. The van der Waals surface area contributed by atoms with Gasteiger partial charge in [-0.2, -0.15) is 0 Å². The number of nitrogen functional groups attached to an aromatic ring is 1. The molecule has 0 radical (unpaired) electrons. The molecule has 0 unspecified atom stereocenters. The van der Waals surface area contributed by atoms with Crippen molar-refractivity contribution in [1.29, 1.82) is 0 Å². The number of nitrogens with two attached hydrogens (primary N) is 1. The standard InChI is InChI=1S/C10H10ClNO2/c11-6-3-7-14-10(13)8-4-1-2-5-9(8)12/h1-5,7H,6,12H2. The van der Waals surface area contributed by atoms with E-state index in [4.69, 9.17) is 22.1 Å². The molecule has 0 fully saturated rings. The van der Waals surface area contributed by atoms with Gasteiger partial charge in [-0.25, -0.2) is 4.79 Å². The van der Waals surface area contributed by atoms with Gasteiger partial charge in [0.05, 0.1) is 11.8 Å². The summed E-state index contributed by atoms with van der Waals surface area (Å²) in [6.07, 6.45) is 2.78. The van der Waals surface area contributed by atoms with Crippen LogP contribution in [0.1, 0.15) is 10.4 Å². The Bertz CT molecular complexity index is 350. The Kier molecular flexibility index (Phi) is 4.01. The molecule has 0 heterocycles. The highest BCUT2D eigenvalue weighted by Gasteiger charge is 2.08. The first-order valence-corrected chi connectivity index (χ1v) is 4.55. The number of hydrogen-bond acceptors (Lipinski definition) is 3. The van der Waals surface area contributed by atoms with Crippen LogP contribution in [0.3, 0.4) is 0 Å². The molecule has 0 saturated carbocycles. The lowest BCUT2D eigenvalue weighted by Crippen LogP contribution is -2.04. The molecule has 0 amide bonds. The van der Waals surface area contributed by atoms with Crippen LogP contribution >= 0.6 is 11.6 Å². The minimum Gasteiger partial charge on any atom is -0.431 e. The molecule has 4 heteroatoms. The second-order valence-corrected chi connectivity index (χ2v) is 2.83. The zero-order chi connectivity index (χ0) is 10.4. The van der Waals surface area contributed by atoms with Crippen molar-refractivity contribution in [1.82, 2.24) is 0 Å². The van der Waals surface area contributed by atoms with Crippen LogP contribution in [0.4, 0.5) is 5.69 Å². The number of allylic oxidation sites excluding steroid dienone is 1. The Morgan fingerprint density at radius 2 is 2.21 bits per heavy atom. The first kappa shape index (κ1) is 10.6. The number of benzene rings is 1. The molecule has 1 aromatic carbocycles. The SMILES string of the molecule is Nc1ccccc1C(=O)OC=CCCl. The Hall–Kier alpha value is -1.48. The van der Waals surface area contributed by atoms with Gasteiger partial charge in [-0.05, 0) is 18.2 Å². The van der Waals surface area contributed by atoms with Gasteiger partial charge in [0.25, 0.3) is 0 Å². The third-order valence-corrected chi connectivity index (χ3v) is 1.72. The first-order chi connectivity index (χ1) is 6.75. The lowest BCUT2D eigenvalue weighted by atomic mass is 10.2. The van der Waals surface area contributed by atoms with Crippen molar-refractivity contribution in [3.63, 3.8) is 0 Å². The van der Waals surface area contributed by atoms with E-state index < -0.39 is 5.97 Å². The Morgan fingerprint density at radius 3 is 2.86 bits per heavy atom. The summed E-state index contributed by atoms with van der Waals surface area (Å²) in [4.78, 5) is 11.3. The number of hydrogen-bond donors (Lipinski definition) is 1. The topological polar surface area (TPSA) is 52.3 Å². The second-order valence-electron chi connectivity index (χ2n) is 2.52. The molecule has 0 saturated heterocycles. The van der Waals surface area contributed by atoms with Crippen molar-refractivity contribution in [2.75, 3.05) is 11.6 Å². The lowest BCUT2D eigenvalue weighted by molar-refractivity contribution is 0.0664. The fourth-order valence-corrected chi connectivity index (χ4v) is 0.965. The molecule has 1 rings (SSSR count). The highest BCUT2D eigenvalue weighted by molar-refractivity contribution is 6.18. The van der Waals surface area contributed by atoms with Gasteiger partial charge in [-0.1, -0.05) is 12.1 Å². The van der Waals surface area contributed by atoms with E-state index in [9.17, 15) is 4.79 Å². The van der Waals surface area contributed by atoms with E-state index in [1.807, 2.05) is 0 Å². The van der Waals surface area contributed by atoms with E-state index in [1.54, 1.807) is 24.3 Å². The van der Waals surface area contributed by atoms with Gasteiger partial charge in [0.1, 0.15) is 0 Å². The van der Waals surface area contributed by atoms with Gasteiger partial charge in [0, 0.05) is 11.6 Å². The maximum absolute atomic E-state index is 11.3. The Morgan fingerprint density at radius 1 is 1.50 bits per heavy atom. The van der Waals surface area contributed by atoms with Gasteiger partial charge in [0.15, 0.2) is 0 Å². The van der Waals surface area contributed by atoms with E-state index >= 15 is 0 Å². The molecule has 0 aliphatic heterocycles. The summed E-state index contributed by atoms with van der Waals surface area (Å²) >= 11 is 5.36. The maximum atomic E-state index is 11.3. The van der Waals surface area contributed by atoms with Gasteiger partial charge in [-0.3, -0.25) is 0 Å². The second kappa shape index (κ2) is 5.29. The molecular weight excluding hydrogens is 202 g/mol. The van der Waals surface area contributed by atoms with Gasteiger partial charge >= 0.3 is 5.97 Å². The number of ether oxygens (including phenoxy) is 1. The van der Waals surface area contributed by atoms with Gasteiger partial charge in [0.2, 0.25) is 0 Å². The van der Waals surface area contributed by atoms with E-state index in [1.165, 1.54) is 12.3 Å². The number of anilines is 1. The van der Waals surface area contributed by atoms with Crippen LogP contribution in [0.15, 0.2) is 36.6 Å². The van der Waals surface area contributed by atoms with Crippen molar-refractivity contribution in [3.05, 3.63) is 42.2 Å². The lowest BCUT2D eigenvalue weighted by Gasteiger charge is -2.01. The first-order valence-electron chi connectivity index (χ1n) is 4.02. The quantitative estimate of drug-likeness (QED) is 0.361. The van der Waals surface area contributed by atoms with Crippen molar-refractivity contribution in [2.45, 2.75) is 0 Å². The smallest absolute Gasteiger partial charge is 0.345 e. The van der Waals surface area contributed by atoms with Crippen molar-refractivity contribution < 1.29 is 9.53 Å². The highest BCUT2D eigenvalue weighted by atomic mass is 35.5. The average Bonchev–Trinajstić information content (AvgIpc) is 2.18. The zero-order valence-corrected chi connectivity index (χ0v) is 8.20. The molecular formula is C10H10ClNO2. The van der Waals surface area contributed by atoms with E-state index in [-0.39, 0.29) is 0 Å². The monoisotopic (exact) mass is 211 g/mol. The van der Waals surface area contributed by atoms with Crippen LogP contribution in [0.25, 0.3) is 0 Å². The highest BCUT2D eigenvalue weighted by Crippen LogP contribution is 2.11. The molecule has 0 aliphatic carbocycles. The summed E-state index contributed by atoms with van der Waals surface area (Å²) in [6.45, 7) is 0. The van der Waals surface area contributed by atoms with Crippen molar-refractivity contribution >= 4 is 23.3 Å². The third kappa shape index (κ3) is 2.78. The molecule has 0 spiro atoms. The van der Waals surface area contributed by atoms with Crippen LogP contribution in [0.5, 0.6) is 0 Å². The molecule has 74 valence electrons. The zero-order valence-electron chi connectivity index (χ0n) is 7.44. The average molecular weight is 212 g/mol. The fourth-order valence-electron chi connectivity index (χ4n) is 0.893. The summed E-state index contributed by atoms with van der Waals surface area (Å²) < 4.78 is 4.77. The van der Waals surface area contributed by atoms with Crippen LogP contribution in [0.2, 0.25) is 0 Å². The molecule has 0 atom stereocenters. The number of halogens is 1. The minimum atomic E-state index is -0.482. The van der Waals surface area contributed by atoms with E-state index in [0.717, 1.165) is 0 Å². The molecule has 2 N–H and O–H groups in total. The number of alkyl halides is 1. The molecule has 0 bridgehead atoms. The Labute approximate surface area is 87.1 Å². The van der Waals surface area contributed by atoms with Crippen LogP contribution in [0, 0.1) is 0 Å². The minimum absolute atomic E-state index is 0.303. The normalized spacial score (nSPS) is 10.4. The number of para-hydroxylation sites is 1. The number of carbonyl (C=O) groups is 1. The molecule has 3 nitrogen and oxygen atoms in total. The maximum Gasteiger partial charge on any atom is 0.345 e. The number of carbonyl (C=O) groups excluding carboxylic acids is 1. The van der Waals surface area contributed by atoms with E-state index in [2.05, 4.69) is 0 Å². The van der Waals surface area contributed by atoms with Gasteiger partial charge < -0.3 is 10.5 Å². The summed E-state index contributed by atoms with van der Waals surface area (Å²) in [5.41, 5.74) is 6.33. The van der Waals surface area contributed by atoms with Gasteiger partial charge in [-0.15, -0.1) is 11.6 Å². The third-order valence-electron chi connectivity index (χ3n) is 1.54. The largest absolute Gasteiger partial charge is 0.431 e. The number of rotatable bonds is 3. The van der Waals surface area contributed by atoms with E-state index in [0.29, 0.717) is 17.1 Å². The number of esters is 1. The summed E-state index contributed by atoms with van der Waals surface area (Å²) in [6, 6.07) is 6.72. The van der Waals surface area contributed by atoms with Crippen LogP contribution < -0.4 is 5.73 Å². The fraction of sp³-hybridized carbons (Fsp3) is 0.100.